The molecule has 1 fully saturated rings. The van der Waals surface area contributed by atoms with Crippen molar-refractivity contribution in [2.45, 2.75) is 26.1 Å². The third kappa shape index (κ3) is 4.21. The van der Waals surface area contributed by atoms with Gasteiger partial charge in [-0.25, -0.2) is 13.1 Å². The zero-order chi connectivity index (χ0) is 17.3. The van der Waals surface area contributed by atoms with Crippen molar-refractivity contribution in [2.75, 3.05) is 23.9 Å². The number of nitrogens with zero attached hydrogens (tertiary/aromatic N) is 3. The van der Waals surface area contributed by atoms with Crippen LogP contribution in [0.3, 0.4) is 0 Å². The molecule has 1 N–H and O–H groups in total. The van der Waals surface area contributed by atoms with Crippen LogP contribution in [0.25, 0.3) is 0 Å². The van der Waals surface area contributed by atoms with Crippen molar-refractivity contribution in [3.63, 3.8) is 0 Å². The molecule has 1 aliphatic heterocycles. The summed E-state index contributed by atoms with van der Waals surface area (Å²) >= 11 is 6.80. The average Bonchev–Trinajstić information content (AvgIpc) is 3.02. The van der Waals surface area contributed by atoms with Crippen molar-refractivity contribution in [3.05, 3.63) is 33.8 Å². The molecule has 2 aromatic rings. The molecule has 1 saturated heterocycles. The number of anilines is 2. The van der Waals surface area contributed by atoms with Gasteiger partial charge in [-0.3, -0.25) is 4.90 Å². The molecule has 1 aromatic carbocycles. The van der Waals surface area contributed by atoms with Crippen molar-refractivity contribution >= 4 is 44.2 Å². The van der Waals surface area contributed by atoms with Gasteiger partial charge < -0.3 is 5.32 Å². The van der Waals surface area contributed by atoms with Crippen molar-refractivity contribution in [1.29, 1.82) is 0 Å². The van der Waals surface area contributed by atoms with E-state index in [-0.39, 0.29) is 17.5 Å². The first-order chi connectivity index (χ1) is 11.3. The van der Waals surface area contributed by atoms with Crippen molar-refractivity contribution in [1.82, 2.24) is 14.7 Å². The van der Waals surface area contributed by atoms with Crippen LogP contribution in [0.4, 0.5) is 10.8 Å². The first-order valence-corrected chi connectivity index (χ1v) is 10.7. The molecule has 6 nitrogen and oxygen atoms in total. The molecular formula is C15H20N4O2S3. The van der Waals surface area contributed by atoms with E-state index in [1.54, 1.807) is 4.68 Å². The van der Waals surface area contributed by atoms with Crippen molar-refractivity contribution < 1.29 is 8.42 Å². The smallest absolute Gasteiger partial charge is 0.209 e. The summed E-state index contributed by atoms with van der Waals surface area (Å²) in [5, 5.41) is 8.51. The lowest BCUT2D eigenvalue weighted by Crippen LogP contribution is -2.34. The van der Waals surface area contributed by atoms with E-state index in [0.29, 0.717) is 17.0 Å². The predicted molar refractivity (Wildman–Crippen MR) is 100 cm³/mol. The van der Waals surface area contributed by atoms with Gasteiger partial charge in [-0.2, -0.15) is 0 Å². The van der Waals surface area contributed by atoms with E-state index in [4.69, 9.17) is 12.2 Å². The molecule has 0 spiro atoms. The molecule has 0 saturated carbocycles. The van der Waals surface area contributed by atoms with Crippen LogP contribution in [-0.4, -0.2) is 47.7 Å². The summed E-state index contributed by atoms with van der Waals surface area (Å²) in [5.74, 6) is 0.486. The van der Waals surface area contributed by atoms with Crippen LogP contribution >= 0.6 is 23.6 Å². The molecule has 1 aromatic heterocycles. The fourth-order valence-electron chi connectivity index (χ4n) is 2.74. The lowest BCUT2D eigenvalue weighted by Gasteiger charge is -2.22. The average molecular weight is 385 g/mol. The van der Waals surface area contributed by atoms with Crippen LogP contribution < -0.4 is 5.32 Å². The van der Waals surface area contributed by atoms with Crippen molar-refractivity contribution in [2.24, 2.45) is 0 Å². The summed E-state index contributed by atoms with van der Waals surface area (Å²) in [6.07, 6.45) is 0.671. The molecule has 9 heteroatoms. The van der Waals surface area contributed by atoms with Crippen LogP contribution in [0.15, 0.2) is 24.3 Å². The molecule has 0 bridgehead atoms. The van der Waals surface area contributed by atoms with Crippen LogP contribution in [0.1, 0.15) is 12.0 Å². The molecule has 130 valence electrons. The van der Waals surface area contributed by atoms with Gasteiger partial charge in [-0.1, -0.05) is 23.5 Å². The third-order valence-corrected chi connectivity index (χ3v) is 7.04. The lowest BCUT2D eigenvalue weighted by atomic mass is 10.2. The van der Waals surface area contributed by atoms with Gasteiger partial charge in [0, 0.05) is 11.7 Å². The van der Waals surface area contributed by atoms with Gasteiger partial charge in [0.15, 0.2) is 13.8 Å². The Kier molecular flexibility index (Phi) is 5.05. The largest absolute Gasteiger partial charge is 0.330 e. The number of benzene rings is 1. The van der Waals surface area contributed by atoms with E-state index >= 15 is 0 Å². The number of hydrogen-bond acceptors (Lipinski definition) is 7. The molecule has 2 heterocycles. The second-order valence-electron chi connectivity index (χ2n) is 6.12. The molecule has 1 unspecified atom stereocenters. The highest BCUT2D eigenvalue weighted by atomic mass is 32.2. The van der Waals surface area contributed by atoms with Gasteiger partial charge in [-0.15, -0.1) is 5.10 Å². The van der Waals surface area contributed by atoms with Gasteiger partial charge in [-0.05, 0) is 50.3 Å². The number of hydrogen-bond donors (Lipinski definition) is 1. The van der Waals surface area contributed by atoms with Crippen LogP contribution in [0, 0.1) is 10.9 Å². The second-order valence-corrected chi connectivity index (χ2v) is 9.97. The summed E-state index contributed by atoms with van der Waals surface area (Å²) in [5.41, 5.74) is 2.14. The Labute approximate surface area is 151 Å². The summed E-state index contributed by atoms with van der Waals surface area (Å²) in [4.78, 5) is 2.01. The zero-order valence-corrected chi connectivity index (χ0v) is 16.0. The molecule has 3 rings (SSSR count). The highest BCUT2D eigenvalue weighted by molar-refractivity contribution is 7.91. The van der Waals surface area contributed by atoms with Crippen LogP contribution in [0.5, 0.6) is 0 Å². The molecule has 1 atom stereocenters. The summed E-state index contributed by atoms with van der Waals surface area (Å²) in [6, 6.07) is 8.09. The Morgan fingerprint density at radius 1 is 1.50 bits per heavy atom. The van der Waals surface area contributed by atoms with E-state index in [1.165, 1.54) is 16.9 Å². The zero-order valence-electron chi connectivity index (χ0n) is 13.6. The molecular weight excluding hydrogens is 364 g/mol. The quantitative estimate of drug-likeness (QED) is 0.800. The highest BCUT2D eigenvalue weighted by Crippen LogP contribution is 2.22. The van der Waals surface area contributed by atoms with E-state index in [0.717, 1.165) is 10.8 Å². The molecule has 0 amide bonds. The number of aryl methyl sites for hydroxylation is 1. The van der Waals surface area contributed by atoms with Gasteiger partial charge >= 0.3 is 0 Å². The lowest BCUT2D eigenvalue weighted by molar-refractivity contribution is 0.198. The van der Waals surface area contributed by atoms with Gasteiger partial charge in [0.2, 0.25) is 5.13 Å². The third-order valence-electron chi connectivity index (χ3n) is 4.06. The fraction of sp³-hybridized carbons (Fsp3) is 0.467. The maximum atomic E-state index is 11.6. The Morgan fingerprint density at radius 2 is 2.29 bits per heavy atom. The minimum Gasteiger partial charge on any atom is -0.330 e. The molecule has 0 radical (unpaired) electrons. The summed E-state index contributed by atoms with van der Waals surface area (Å²) in [7, 11) is -0.973. The van der Waals surface area contributed by atoms with Crippen LogP contribution in [0.2, 0.25) is 0 Å². The van der Waals surface area contributed by atoms with Crippen molar-refractivity contribution in [3.8, 4) is 0 Å². The standard InChI is InChI=1S/C15H20N4O2S3/c1-11-4-3-5-12(8-11)16-14-17-19(15(22)23-14)10-18(2)13-6-7-24(20,21)9-13/h3-5,8,13H,6-7,9-10H2,1-2H3,(H,16,17). The van der Waals surface area contributed by atoms with E-state index in [2.05, 4.69) is 10.4 Å². The number of nitrogens with one attached hydrogen (secondary N) is 1. The first-order valence-electron chi connectivity index (χ1n) is 7.65. The number of sulfone groups is 1. The van der Waals surface area contributed by atoms with Gasteiger partial charge in [0.25, 0.3) is 0 Å². The van der Waals surface area contributed by atoms with E-state index in [9.17, 15) is 8.42 Å². The maximum Gasteiger partial charge on any atom is 0.209 e. The Balaban J connectivity index is 1.69. The van der Waals surface area contributed by atoms with E-state index < -0.39 is 9.84 Å². The first kappa shape index (κ1) is 17.5. The Bertz CT molecular complexity index is 888. The summed E-state index contributed by atoms with van der Waals surface area (Å²) in [6.45, 7) is 2.53. The van der Waals surface area contributed by atoms with E-state index in [1.807, 2.05) is 43.1 Å². The summed E-state index contributed by atoms with van der Waals surface area (Å²) < 4.78 is 25.6. The highest BCUT2D eigenvalue weighted by Gasteiger charge is 2.30. The molecule has 1 aliphatic rings. The van der Waals surface area contributed by atoms with Gasteiger partial charge in [0.1, 0.15) is 0 Å². The maximum absolute atomic E-state index is 11.6. The normalized spacial score (nSPS) is 19.7. The minimum atomic E-state index is -2.89. The number of aromatic nitrogens is 2. The molecule has 24 heavy (non-hydrogen) atoms. The Hall–Kier alpha value is -1.29. The van der Waals surface area contributed by atoms with Crippen LogP contribution in [-0.2, 0) is 16.5 Å². The molecule has 0 aliphatic carbocycles. The van der Waals surface area contributed by atoms with Gasteiger partial charge in [0.05, 0.1) is 18.2 Å². The fourth-order valence-corrected chi connectivity index (χ4v) is 5.56. The predicted octanol–water partition coefficient (Wildman–Crippen LogP) is 2.80. The monoisotopic (exact) mass is 384 g/mol. The number of rotatable bonds is 5. The SMILES string of the molecule is Cc1cccc(Nc2nn(CN(C)C3CCS(=O)(=O)C3)c(=S)s2)c1. The minimum absolute atomic E-state index is 0.0341. The topological polar surface area (TPSA) is 67.2 Å². The second kappa shape index (κ2) is 6.91. The Morgan fingerprint density at radius 3 is 2.96 bits per heavy atom.